The smallest absolute Gasteiger partial charge is 0.341 e. The van der Waals surface area contributed by atoms with Crippen LogP contribution in [0.4, 0.5) is 0 Å². The molecule has 144 valence electrons. The first-order valence-corrected chi connectivity index (χ1v) is 8.36. The lowest BCUT2D eigenvalue weighted by atomic mass is 10.1. The topological polar surface area (TPSA) is 121 Å². The first-order chi connectivity index (χ1) is 13.4. The number of ketones is 1. The minimum atomic E-state index is -1.17. The molecule has 28 heavy (non-hydrogen) atoms. The van der Waals surface area contributed by atoms with E-state index in [1.807, 2.05) is 30.3 Å². The largest absolute Gasteiger partial charge is 0.482 e. The number of methoxy groups -OCH3 is 1. The molecule has 1 amide bonds. The lowest BCUT2D eigenvalue weighted by molar-refractivity contribution is -0.139. The maximum absolute atomic E-state index is 12.6. The molecule has 0 aliphatic heterocycles. The van der Waals surface area contributed by atoms with Crippen LogP contribution in [0.15, 0.2) is 48.5 Å². The summed E-state index contributed by atoms with van der Waals surface area (Å²) in [4.78, 5) is 35.1. The van der Waals surface area contributed by atoms with Crippen molar-refractivity contribution in [1.82, 2.24) is 4.57 Å². The average molecular weight is 382 g/mol. The molecule has 0 radical (unpaired) electrons. The number of Topliss-reactive ketones (excluding diaryl/α,β-unsaturated/α-hetero) is 1. The van der Waals surface area contributed by atoms with E-state index in [0.717, 1.165) is 5.56 Å². The van der Waals surface area contributed by atoms with Gasteiger partial charge < -0.3 is 24.9 Å². The predicted octanol–water partition coefficient (Wildman–Crippen LogP) is 1.83. The summed E-state index contributed by atoms with van der Waals surface area (Å²) in [6.07, 6.45) is 0. The maximum atomic E-state index is 12.6. The molecule has 2 aromatic carbocycles. The van der Waals surface area contributed by atoms with Crippen LogP contribution in [-0.2, 0) is 16.1 Å². The highest BCUT2D eigenvalue weighted by molar-refractivity contribution is 6.45. The number of primary amides is 1. The molecule has 3 N–H and O–H groups in total. The fourth-order valence-corrected chi connectivity index (χ4v) is 3.08. The van der Waals surface area contributed by atoms with Crippen LogP contribution in [0.2, 0.25) is 0 Å². The molecule has 0 aliphatic carbocycles. The van der Waals surface area contributed by atoms with E-state index in [1.165, 1.54) is 13.2 Å². The van der Waals surface area contributed by atoms with Crippen molar-refractivity contribution in [3.8, 4) is 11.6 Å². The number of nitrogens with two attached hydrogens (primary N) is 1. The number of carbonyl (C=O) groups is 3. The molecule has 0 unspecified atom stereocenters. The Morgan fingerprint density at radius 1 is 1.07 bits per heavy atom. The van der Waals surface area contributed by atoms with Crippen LogP contribution in [0.1, 0.15) is 15.9 Å². The molecule has 0 saturated heterocycles. The third-order valence-electron chi connectivity index (χ3n) is 4.18. The average Bonchev–Trinajstić information content (AvgIpc) is 3.00. The standard InChI is InChI=1S/C20H18N2O6/c1-27-20-17(18(25)19(21)26)16-13(8-5-9-14(16)28-11-15(23)24)22(20)10-12-6-3-2-4-7-12/h2-9H,10-11H2,1H3,(H2,21,26)(H,23,24). The number of aliphatic carboxylic acids is 1. The minimum Gasteiger partial charge on any atom is -0.482 e. The lowest BCUT2D eigenvalue weighted by Crippen LogP contribution is -2.23. The van der Waals surface area contributed by atoms with Gasteiger partial charge in [-0.05, 0) is 17.7 Å². The molecule has 0 atom stereocenters. The van der Waals surface area contributed by atoms with Gasteiger partial charge in [-0.2, -0.15) is 0 Å². The number of aromatic nitrogens is 1. The summed E-state index contributed by atoms with van der Waals surface area (Å²) in [6.45, 7) is -0.246. The fraction of sp³-hybridized carbons (Fsp3) is 0.150. The Hall–Kier alpha value is -3.81. The van der Waals surface area contributed by atoms with E-state index in [9.17, 15) is 14.4 Å². The minimum absolute atomic E-state index is 0.0538. The second-order valence-corrected chi connectivity index (χ2v) is 5.98. The number of hydrogen-bond donors (Lipinski definition) is 2. The number of carboxylic acid groups (broad SMARTS) is 1. The van der Waals surface area contributed by atoms with Gasteiger partial charge in [0.2, 0.25) is 5.88 Å². The first kappa shape index (κ1) is 19.0. The fourth-order valence-electron chi connectivity index (χ4n) is 3.08. The highest BCUT2D eigenvalue weighted by atomic mass is 16.5. The van der Waals surface area contributed by atoms with Crippen molar-refractivity contribution in [3.63, 3.8) is 0 Å². The van der Waals surface area contributed by atoms with Gasteiger partial charge >= 0.3 is 5.97 Å². The molecular weight excluding hydrogens is 364 g/mol. The normalized spacial score (nSPS) is 10.6. The Morgan fingerprint density at radius 3 is 2.39 bits per heavy atom. The number of amides is 1. The molecule has 0 spiro atoms. The molecule has 0 saturated carbocycles. The lowest BCUT2D eigenvalue weighted by Gasteiger charge is -2.10. The summed E-state index contributed by atoms with van der Waals surface area (Å²) >= 11 is 0. The van der Waals surface area contributed by atoms with Crippen LogP contribution in [0.5, 0.6) is 11.6 Å². The number of carbonyl (C=O) groups excluding carboxylic acids is 2. The van der Waals surface area contributed by atoms with E-state index >= 15 is 0 Å². The van der Waals surface area contributed by atoms with E-state index < -0.39 is 24.3 Å². The first-order valence-electron chi connectivity index (χ1n) is 8.36. The van der Waals surface area contributed by atoms with Crippen molar-refractivity contribution in [2.75, 3.05) is 13.7 Å². The molecule has 3 rings (SSSR count). The van der Waals surface area contributed by atoms with E-state index in [1.54, 1.807) is 16.7 Å². The molecule has 1 heterocycles. The van der Waals surface area contributed by atoms with Crippen LogP contribution in [0.25, 0.3) is 10.9 Å². The quantitative estimate of drug-likeness (QED) is 0.453. The van der Waals surface area contributed by atoms with Gasteiger partial charge in [0.05, 0.1) is 24.6 Å². The summed E-state index contributed by atoms with van der Waals surface area (Å²) in [7, 11) is 1.38. The number of carboxylic acids is 1. The van der Waals surface area contributed by atoms with Gasteiger partial charge in [-0.25, -0.2) is 4.79 Å². The molecule has 8 nitrogen and oxygen atoms in total. The highest BCUT2D eigenvalue weighted by Crippen LogP contribution is 2.38. The van der Waals surface area contributed by atoms with Gasteiger partial charge in [0.15, 0.2) is 6.61 Å². The SMILES string of the molecule is COc1c(C(=O)C(N)=O)c2c(OCC(=O)O)cccc2n1Cc1ccccc1. The Balaban J connectivity index is 2.27. The van der Waals surface area contributed by atoms with Crippen molar-refractivity contribution in [3.05, 3.63) is 59.7 Å². The Kier molecular flexibility index (Phi) is 5.30. The summed E-state index contributed by atoms with van der Waals surface area (Å²) in [5.74, 6) is -2.97. The number of rotatable bonds is 8. The number of hydrogen-bond acceptors (Lipinski definition) is 5. The third kappa shape index (κ3) is 3.52. The monoisotopic (exact) mass is 382 g/mol. The van der Waals surface area contributed by atoms with Crippen LogP contribution < -0.4 is 15.2 Å². The van der Waals surface area contributed by atoms with Crippen LogP contribution in [0, 0.1) is 0 Å². The molecule has 0 aliphatic rings. The molecular formula is C20H18N2O6. The number of ether oxygens (including phenoxy) is 2. The molecule has 8 heteroatoms. The second kappa shape index (κ2) is 7.83. The van der Waals surface area contributed by atoms with Crippen LogP contribution in [-0.4, -0.2) is 41.1 Å². The van der Waals surface area contributed by atoms with Crippen molar-refractivity contribution < 1.29 is 29.0 Å². The van der Waals surface area contributed by atoms with Crippen molar-refractivity contribution in [2.45, 2.75) is 6.54 Å². The summed E-state index contributed by atoms with van der Waals surface area (Å²) < 4.78 is 12.5. The number of fused-ring (bicyclic) bond motifs is 1. The van der Waals surface area contributed by atoms with Crippen molar-refractivity contribution >= 4 is 28.6 Å². The van der Waals surface area contributed by atoms with Crippen molar-refractivity contribution in [2.24, 2.45) is 5.73 Å². The van der Waals surface area contributed by atoms with Gasteiger partial charge in [-0.15, -0.1) is 0 Å². The highest BCUT2D eigenvalue weighted by Gasteiger charge is 2.29. The third-order valence-corrected chi connectivity index (χ3v) is 4.18. The van der Waals surface area contributed by atoms with Gasteiger partial charge in [-0.1, -0.05) is 36.4 Å². The number of benzene rings is 2. The van der Waals surface area contributed by atoms with Gasteiger partial charge in [0.1, 0.15) is 11.3 Å². The van der Waals surface area contributed by atoms with Crippen LogP contribution in [0.3, 0.4) is 0 Å². The van der Waals surface area contributed by atoms with E-state index in [2.05, 4.69) is 0 Å². The van der Waals surface area contributed by atoms with Crippen LogP contribution >= 0.6 is 0 Å². The maximum Gasteiger partial charge on any atom is 0.341 e. The zero-order valence-electron chi connectivity index (χ0n) is 15.0. The zero-order chi connectivity index (χ0) is 20.3. The Morgan fingerprint density at radius 2 is 1.79 bits per heavy atom. The van der Waals surface area contributed by atoms with Crippen molar-refractivity contribution in [1.29, 1.82) is 0 Å². The summed E-state index contributed by atoms with van der Waals surface area (Å²) in [5, 5.41) is 9.20. The van der Waals surface area contributed by atoms with E-state index in [-0.39, 0.29) is 22.6 Å². The van der Waals surface area contributed by atoms with Gasteiger partial charge in [-0.3, -0.25) is 9.59 Å². The molecule has 0 fully saturated rings. The van der Waals surface area contributed by atoms with Gasteiger partial charge in [0.25, 0.3) is 11.7 Å². The molecule has 1 aromatic heterocycles. The summed E-state index contributed by atoms with van der Waals surface area (Å²) in [5.41, 5.74) is 6.66. The Labute approximate surface area is 160 Å². The second-order valence-electron chi connectivity index (χ2n) is 5.98. The Bertz CT molecular complexity index is 1060. The van der Waals surface area contributed by atoms with Gasteiger partial charge in [0, 0.05) is 0 Å². The zero-order valence-corrected chi connectivity index (χ0v) is 15.0. The predicted molar refractivity (Wildman–Crippen MR) is 101 cm³/mol. The summed E-state index contributed by atoms with van der Waals surface area (Å²) in [6, 6.07) is 14.4. The van der Waals surface area contributed by atoms with E-state index in [4.69, 9.17) is 20.3 Å². The van der Waals surface area contributed by atoms with E-state index in [0.29, 0.717) is 12.1 Å². The molecule has 3 aromatic rings. The molecule has 0 bridgehead atoms. The number of nitrogens with zero attached hydrogens (tertiary/aromatic N) is 1.